The van der Waals surface area contributed by atoms with Gasteiger partial charge in [0.15, 0.2) is 0 Å². The van der Waals surface area contributed by atoms with Gasteiger partial charge < -0.3 is 10.5 Å². The zero-order valence-corrected chi connectivity index (χ0v) is 7.18. The van der Waals surface area contributed by atoms with Crippen molar-refractivity contribution in [1.29, 1.82) is 0 Å². The van der Waals surface area contributed by atoms with Gasteiger partial charge in [-0.3, -0.25) is 0 Å². The van der Waals surface area contributed by atoms with E-state index in [1.54, 1.807) is 7.11 Å². The monoisotopic (exact) mass is 155 g/mol. The Balaban J connectivity index is 2.45. The summed E-state index contributed by atoms with van der Waals surface area (Å²) in [6.45, 7) is 0.758. The van der Waals surface area contributed by atoms with Crippen molar-refractivity contribution in [2.75, 3.05) is 13.7 Å². The van der Waals surface area contributed by atoms with Crippen molar-refractivity contribution >= 4 is 0 Å². The van der Waals surface area contributed by atoms with Crippen LogP contribution in [0.2, 0.25) is 0 Å². The third kappa shape index (κ3) is 3.04. The fraction of sp³-hybridized carbons (Fsp3) is 0.778. The van der Waals surface area contributed by atoms with Gasteiger partial charge in [0.1, 0.15) is 0 Å². The number of ether oxygens (including phenoxy) is 1. The molecular formula is C9H17NO. The van der Waals surface area contributed by atoms with E-state index in [0.29, 0.717) is 0 Å². The number of rotatable bonds is 2. The van der Waals surface area contributed by atoms with Gasteiger partial charge in [-0.15, -0.1) is 0 Å². The molecule has 0 amide bonds. The maximum atomic E-state index is 5.82. The molecule has 0 saturated carbocycles. The van der Waals surface area contributed by atoms with Crippen LogP contribution in [-0.2, 0) is 4.74 Å². The molecule has 0 aromatic rings. The van der Waals surface area contributed by atoms with Gasteiger partial charge in [0.05, 0.1) is 6.61 Å². The molecule has 2 N–H and O–H groups in total. The van der Waals surface area contributed by atoms with E-state index >= 15 is 0 Å². The zero-order valence-electron chi connectivity index (χ0n) is 7.18. The van der Waals surface area contributed by atoms with Crippen LogP contribution >= 0.6 is 0 Å². The summed E-state index contributed by atoms with van der Waals surface area (Å²) in [6, 6.07) is 0.266. The summed E-state index contributed by atoms with van der Waals surface area (Å²) in [7, 11) is 1.73. The van der Waals surface area contributed by atoms with Crippen LogP contribution in [0.15, 0.2) is 11.6 Å². The molecule has 0 saturated heterocycles. The highest BCUT2D eigenvalue weighted by Crippen LogP contribution is 2.16. The Morgan fingerprint density at radius 2 is 2.45 bits per heavy atom. The van der Waals surface area contributed by atoms with Crippen LogP contribution in [0, 0.1) is 0 Å². The van der Waals surface area contributed by atoms with Gasteiger partial charge in [-0.05, 0) is 24.8 Å². The van der Waals surface area contributed by atoms with Crippen molar-refractivity contribution in [2.45, 2.75) is 31.7 Å². The number of methoxy groups -OCH3 is 1. The fourth-order valence-electron chi connectivity index (χ4n) is 1.51. The Morgan fingerprint density at radius 3 is 3.18 bits per heavy atom. The van der Waals surface area contributed by atoms with E-state index < -0.39 is 0 Å². The Morgan fingerprint density at radius 1 is 1.64 bits per heavy atom. The highest BCUT2D eigenvalue weighted by molar-refractivity contribution is 5.08. The molecule has 0 aromatic carbocycles. The first-order valence-corrected chi connectivity index (χ1v) is 4.27. The summed E-state index contributed by atoms with van der Waals surface area (Å²) in [5.41, 5.74) is 7.20. The molecule has 64 valence electrons. The Labute approximate surface area is 68.4 Å². The molecule has 1 rings (SSSR count). The Bertz CT molecular complexity index is 142. The molecule has 0 aliphatic heterocycles. The lowest BCUT2D eigenvalue weighted by atomic mass is 10.1. The molecule has 2 heteroatoms. The summed E-state index contributed by atoms with van der Waals surface area (Å²) in [6.07, 6.45) is 6.99. The second kappa shape index (κ2) is 4.52. The summed E-state index contributed by atoms with van der Waals surface area (Å²) in [5, 5.41) is 0. The van der Waals surface area contributed by atoms with Crippen molar-refractivity contribution in [1.82, 2.24) is 0 Å². The second-order valence-electron chi connectivity index (χ2n) is 3.17. The minimum Gasteiger partial charge on any atom is -0.380 e. The van der Waals surface area contributed by atoms with Crippen molar-refractivity contribution in [3.05, 3.63) is 11.6 Å². The predicted molar refractivity (Wildman–Crippen MR) is 46.4 cm³/mol. The average molecular weight is 155 g/mol. The summed E-state index contributed by atoms with van der Waals surface area (Å²) >= 11 is 0. The van der Waals surface area contributed by atoms with E-state index in [9.17, 15) is 0 Å². The van der Waals surface area contributed by atoms with Crippen LogP contribution in [0.4, 0.5) is 0 Å². The van der Waals surface area contributed by atoms with Crippen LogP contribution in [0.5, 0.6) is 0 Å². The van der Waals surface area contributed by atoms with E-state index in [-0.39, 0.29) is 6.04 Å². The minimum absolute atomic E-state index is 0.266. The molecule has 11 heavy (non-hydrogen) atoms. The lowest BCUT2D eigenvalue weighted by Crippen LogP contribution is -2.16. The van der Waals surface area contributed by atoms with E-state index in [2.05, 4.69) is 6.08 Å². The quantitative estimate of drug-likeness (QED) is 0.613. The molecule has 1 unspecified atom stereocenters. The molecule has 2 nitrogen and oxygen atoms in total. The first-order chi connectivity index (χ1) is 5.33. The lowest BCUT2D eigenvalue weighted by molar-refractivity contribution is 0.222. The molecule has 0 heterocycles. The normalized spacial score (nSPS) is 26.0. The zero-order chi connectivity index (χ0) is 8.10. The van der Waals surface area contributed by atoms with Gasteiger partial charge >= 0.3 is 0 Å². The highest BCUT2D eigenvalue weighted by Gasteiger charge is 2.07. The average Bonchev–Trinajstić information content (AvgIpc) is 2.15. The topological polar surface area (TPSA) is 35.2 Å². The highest BCUT2D eigenvalue weighted by atomic mass is 16.5. The maximum absolute atomic E-state index is 5.82. The Hall–Kier alpha value is -0.340. The van der Waals surface area contributed by atoms with E-state index in [4.69, 9.17) is 10.5 Å². The third-order valence-electron chi connectivity index (χ3n) is 2.06. The summed E-state index contributed by atoms with van der Waals surface area (Å²) in [4.78, 5) is 0. The third-order valence-corrected chi connectivity index (χ3v) is 2.06. The fourth-order valence-corrected chi connectivity index (χ4v) is 1.51. The molecule has 0 spiro atoms. The van der Waals surface area contributed by atoms with Crippen molar-refractivity contribution in [2.24, 2.45) is 5.73 Å². The van der Waals surface area contributed by atoms with E-state index in [0.717, 1.165) is 13.0 Å². The number of nitrogens with two attached hydrogens (primary N) is 1. The van der Waals surface area contributed by atoms with Crippen molar-refractivity contribution < 1.29 is 4.74 Å². The SMILES string of the molecule is COCC1=CC(N)CCCC1. The molecule has 0 fully saturated rings. The summed E-state index contributed by atoms with van der Waals surface area (Å²) < 4.78 is 5.06. The van der Waals surface area contributed by atoms with Gasteiger partial charge in [0, 0.05) is 13.2 Å². The van der Waals surface area contributed by atoms with Gasteiger partial charge in [0.25, 0.3) is 0 Å². The van der Waals surface area contributed by atoms with Crippen molar-refractivity contribution in [3.8, 4) is 0 Å². The van der Waals surface area contributed by atoms with E-state index in [1.807, 2.05) is 0 Å². The molecular weight excluding hydrogens is 138 g/mol. The maximum Gasteiger partial charge on any atom is 0.0673 e. The van der Waals surface area contributed by atoms with Gasteiger partial charge in [0.2, 0.25) is 0 Å². The van der Waals surface area contributed by atoms with Crippen LogP contribution in [0.25, 0.3) is 0 Å². The van der Waals surface area contributed by atoms with Crippen LogP contribution in [0.3, 0.4) is 0 Å². The first kappa shape index (κ1) is 8.75. The van der Waals surface area contributed by atoms with E-state index in [1.165, 1.54) is 24.8 Å². The second-order valence-corrected chi connectivity index (χ2v) is 3.17. The number of hydrogen-bond donors (Lipinski definition) is 1. The number of hydrogen-bond acceptors (Lipinski definition) is 2. The largest absolute Gasteiger partial charge is 0.380 e. The molecule has 1 aliphatic carbocycles. The van der Waals surface area contributed by atoms with Crippen molar-refractivity contribution in [3.63, 3.8) is 0 Å². The molecule has 0 bridgehead atoms. The Kier molecular flexibility index (Phi) is 3.60. The molecule has 1 aliphatic rings. The molecule has 0 radical (unpaired) electrons. The van der Waals surface area contributed by atoms with Gasteiger partial charge in [-0.25, -0.2) is 0 Å². The minimum atomic E-state index is 0.266. The van der Waals surface area contributed by atoms with Crippen LogP contribution < -0.4 is 5.73 Å². The smallest absolute Gasteiger partial charge is 0.0673 e. The lowest BCUT2D eigenvalue weighted by Gasteiger charge is -2.04. The predicted octanol–water partition coefficient (Wildman–Crippen LogP) is 1.46. The van der Waals surface area contributed by atoms with Crippen LogP contribution in [-0.4, -0.2) is 19.8 Å². The molecule has 0 aromatic heterocycles. The molecule has 1 atom stereocenters. The summed E-state index contributed by atoms with van der Waals surface area (Å²) in [5.74, 6) is 0. The van der Waals surface area contributed by atoms with Crippen LogP contribution in [0.1, 0.15) is 25.7 Å². The van der Waals surface area contributed by atoms with Gasteiger partial charge in [-0.1, -0.05) is 12.5 Å². The standard InChI is InChI=1S/C9H17NO/c1-11-7-8-4-2-3-5-9(10)6-8/h6,9H,2-5,7,10H2,1H3. The van der Waals surface area contributed by atoms with Gasteiger partial charge in [-0.2, -0.15) is 0 Å². The first-order valence-electron chi connectivity index (χ1n) is 4.27.